The van der Waals surface area contributed by atoms with Crippen LogP contribution in [0.4, 0.5) is 14.5 Å². The predicted molar refractivity (Wildman–Crippen MR) is 114 cm³/mol. The summed E-state index contributed by atoms with van der Waals surface area (Å²) < 4.78 is 53.4. The fraction of sp³-hybridized carbons (Fsp3) is 0.333. The summed E-state index contributed by atoms with van der Waals surface area (Å²) in [5, 5.41) is 2.74. The first kappa shape index (κ1) is 21.4. The Morgan fingerprint density at radius 1 is 1.13 bits per heavy atom. The molecular formula is C21H22F2N4O3S. The van der Waals surface area contributed by atoms with E-state index in [0.717, 1.165) is 23.7 Å². The summed E-state index contributed by atoms with van der Waals surface area (Å²) in [6.45, 7) is -2.44. The number of aromatic nitrogens is 2. The quantitative estimate of drug-likeness (QED) is 0.643. The molecule has 1 saturated heterocycles. The average Bonchev–Trinajstić information content (AvgIpc) is 3.13. The van der Waals surface area contributed by atoms with E-state index in [1.54, 1.807) is 48.5 Å². The Labute approximate surface area is 178 Å². The summed E-state index contributed by atoms with van der Waals surface area (Å²) in [5.74, 6) is -0.276. The molecule has 164 valence electrons. The van der Waals surface area contributed by atoms with Gasteiger partial charge in [-0.15, -0.1) is 0 Å². The van der Waals surface area contributed by atoms with E-state index in [9.17, 15) is 22.0 Å². The van der Waals surface area contributed by atoms with Crippen molar-refractivity contribution in [3.05, 3.63) is 48.5 Å². The zero-order chi connectivity index (χ0) is 22.2. The molecule has 0 radical (unpaired) electrons. The number of piperidine rings is 1. The van der Waals surface area contributed by atoms with E-state index in [-0.39, 0.29) is 5.82 Å². The van der Waals surface area contributed by atoms with E-state index in [2.05, 4.69) is 10.3 Å². The minimum Gasteiger partial charge on any atom is -0.325 e. The number of alkyl halides is 2. The number of anilines is 1. The van der Waals surface area contributed by atoms with Crippen LogP contribution in [0, 0.1) is 0 Å². The first-order valence-electron chi connectivity index (χ1n) is 9.89. The highest BCUT2D eigenvalue weighted by atomic mass is 32.2. The fourth-order valence-electron chi connectivity index (χ4n) is 3.94. The minimum absolute atomic E-state index is 0.129. The minimum atomic E-state index is -3.49. The molecular weight excluding hydrogens is 426 g/mol. The van der Waals surface area contributed by atoms with Gasteiger partial charge in [0.2, 0.25) is 15.9 Å². The maximum atomic E-state index is 13.7. The molecule has 3 aromatic rings. The number of para-hydroxylation sites is 2. The van der Waals surface area contributed by atoms with Crippen molar-refractivity contribution in [3.8, 4) is 11.4 Å². The highest BCUT2D eigenvalue weighted by Crippen LogP contribution is 2.30. The number of benzene rings is 2. The molecule has 0 bridgehead atoms. The van der Waals surface area contributed by atoms with Crippen LogP contribution in [0.5, 0.6) is 0 Å². The van der Waals surface area contributed by atoms with Crippen LogP contribution in [-0.4, -0.2) is 47.0 Å². The number of fused-ring (bicyclic) bond motifs is 1. The Morgan fingerprint density at radius 2 is 1.84 bits per heavy atom. The molecule has 2 heterocycles. The molecule has 7 nitrogen and oxygen atoms in total. The molecule has 31 heavy (non-hydrogen) atoms. The monoisotopic (exact) mass is 448 g/mol. The smallest absolute Gasteiger partial charge is 0.320 e. The van der Waals surface area contributed by atoms with Gasteiger partial charge in [0, 0.05) is 17.8 Å². The number of rotatable bonds is 5. The maximum Gasteiger partial charge on any atom is 0.320 e. The van der Waals surface area contributed by atoms with Gasteiger partial charge in [-0.3, -0.25) is 9.36 Å². The largest absolute Gasteiger partial charge is 0.325 e. The lowest BCUT2D eigenvalue weighted by molar-refractivity contribution is -0.120. The Hall–Kier alpha value is -2.85. The van der Waals surface area contributed by atoms with Crippen molar-refractivity contribution < 1.29 is 22.0 Å². The van der Waals surface area contributed by atoms with Gasteiger partial charge in [-0.25, -0.2) is 13.4 Å². The normalized spacial score (nSPS) is 17.9. The maximum absolute atomic E-state index is 13.7. The van der Waals surface area contributed by atoms with Crippen molar-refractivity contribution in [1.29, 1.82) is 0 Å². The molecule has 1 aliphatic heterocycles. The van der Waals surface area contributed by atoms with Crippen molar-refractivity contribution in [2.45, 2.75) is 31.9 Å². The fourth-order valence-corrected chi connectivity index (χ4v) is 5.06. The number of carbonyl (C=O) groups excluding carboxylic acids is 1. The molecule has 1 fully saturated rings. The highest BCUT2D eigenvalue weighted by molar-refractivity contribution is 7.88. The van der Waals surface area contributed by atoms with Gasteiger partial charge in [-0.1, -0.05) is 18.6 Å². The van der Waals surface area contributed by atoms with E-state index < -0.39 is 28.5 Å². The summed E-state index contributed by atoms with van der Waals surface area (Å²) in [6.07, 6.45) is 3.04. The van der Waals surface area contributed by atoms with Crippen LogP contribution in [0.3, 0.4) is 0 Å². The molecule has 4 rings (SSSR count). The third-order valence-corrected chi connectivity index (χ3v) is 6.67. The molecule has 0 aliphatic carbocycles. The topological polar surface area (TPSA) is 84.3 Å². The van der Waals surface area contributed by atoms with Gasteiger partial charge < -0.3 is 5.32 Å². The van der Waals surface area contributed by atoms with E-state index >= 15 is 0 Å². The SMILES string of the molecule is CS(=O)(=O)N1CCCCC1C(=O)Nc1ccc(-c2nc3ccccc3n2C(F)F)cc1. The van der Waals surface area contributed by atoms with Crippen LogP contribution in [-0.2, 0) is 14.8 Å². The third kappa shape index (κ3) is 4.31. The van der Waals surface area contributed by atoms with Crippen LogP contribution in [0.25, 0.3) is 22.4 Å². The molecule has 1 amide bonds. The first-order chi connectivity index (χ1) is 14.8. The molecule has 1 N–H and O–H groups in total. The molecule has 1 aromatic heterocycles. The van der Waals surface area contributed by atoms with Crippen LogP contribution in [0.1, 0.15) is 25.8 Å². The number of carbonyl (C=O) groups is 1. The summed E-state index contributed by atoms with van der Waals surface area (Å²) >= 11 is 0. The molecule has 0 saturated carbocycles. The van der Waals surface area contributed by atoms with Crippen molar-refractivity contribution in [3.63, 3.8) is 0 Å². The van der Waals surface area contributed by atoms with Gasteiger partial charge in [-0.2, -0.15) is 13.1 Å². The molecule has 1 aliphatic rings. The van der Waals surface area contributed by atoms with Crippen LogP contribution >= 0.6 is 0 Å². The lowest BCUT2D eigenvalue weighted by Crippen LogP contribution is -2.49. The predicted octanol–water partition coefficient (Wildman–Crippen LogP) is 3.85. The summed E-state index contributed by atoms with van der Waals surface area (Å²) in [5.41, 5.74) is 1.73. The van der Waals surface area contributed by atoms with Crippen LogP contribution in [0.2, 0.25) is 0 Å². The number of hydrogen-bond donors (Lipinski definition) is 1. The van der Waals surface area contributed by atoms with E-state index in [4.69, 9.17) is 0 Å². The molecule has 2 aromatic carbocycles. The standard InChI is InChI=1S/C21H22F2N4O3S/c1-31(29,30)26-13-5-4-8-18(26)20(28)24-15-11-9-14(10-12-15)19-25-16-6-2-3-7-17(16)27(19)21(22)23/h2-3,6-7,9-12,18,21H,4-5,8,13H2,1H3,(H,24,28). The lowest BCUT2D eigenvalue weighted by atomic mass is 10.0. The summed E-state index contributed by atoms with van der Waals surface area (Å²) in [4.78, 5) is 17.0. The zero-order valence-electron chi connectivity index (χ0n) is 16.8. The number of imidazole rings is 1. The number of amides is 1. The van der Waals surface area contributed by atoms with Gasteiger partial charge in [0.15, 0.2) is 0 Å². The van der Waals surface area contributed by atoms with E-state index in [0.29, 0.717) is 35.2 Å². The van der Waals surface area contributed by atoms with Gasteiger partial charge >= 0.3 is 6.55 Å². The second-order valence-electron chi connectivity index (χ2n) is 7.52. The first-order valence-corrected chi connectivity index (χ1v) is 11.7. The molecule has 1 unspecified atom stereocenters. The number of halogens is 2. The number of hydrogen-bond acceptors (Lipinski definition) is 4. The lowest BCUT2D eigenvalue weighted by Gasteiger charge is -2.32. The Balaban J connectivity index is 1.57. The van der Waals surface area contributed by atoms with Crippen LogP contribution < -0.4 is 5.32 Å². The van der Waals surface area contributed by atoms with Gasteiger partial charge in [0.1, 0.15) is 11.9 Å². The number of nitrogens with one attached hydrogen (secondary N) is 1. The molecule has 0 spiro atoms. The van der Waals surface area contributed by atoms with Crippen molar-refractivity contribution in [2.24, 2.45) is 0 Å². The van der Waals surface area contributed by atoms with Crippen molar-refractivity contribution >= 4 is 32.7 Å². The summed E-state index contributed by atoms with van der Waals surface area (Å²) in [7, 11) is -3.49. The number of nitrogens with zero attached hydrogens (tertiary/aromatic N) is 3. The third-order valence-electron chi connectivity index (χ3n) is 5.38. The van der Waals surface area contributed by atoms with Gasteiger partial charge in [0.05, 0.1) is 17.3 Å². The van der Waals surface area contributed by atoms with Crippen LogP contribution in [0.15, 0.2) is 48.5 Å². The molecule has 1 atom stereocenters. The average molecular weight is 448 g/mol. The second-order valence-corrected chi connectivity index (χ2v) is 9.46. The van der Waals surface area contributed by atoms with Gasteiger partial charge in [0.25, 0.3) is 0 Å². The van der Waals surface area contributed by atoms with E-state index in [1.807, 2.05) is 0 Å². The highest BCUT2D eigenvalue weighted by Gasteiger charge is 2.34. The Morgan fingerprint density at radius 3 is 2.52 bits per heavy atom. The van der Waals surface area contributed by atoms with E-state index in [1.165, 1.54) is 4.31 Å². The zero-order valence-corrected chi connectivity index (χ0v) is 17.6. The second kappa shape index (κ2) is 8.35. The number of sulfonamides is 1. The Bertz CT molecular complexity index is 1210. The van der Waals surface area contributed by atoms with Crippen molar-refractivity contribution in [2.75, 3.05) is 18.1 Å². The van der Waals surface area contributed by atoms with Gasteiger partial charge in [-0.05, 0) is 49.2 Å². The summed E-state index contributed by atoms with van der Waals surface area (Å²) in [6, 6.07) is 12.3. The molecule has 10 heteroatoms. The van der Waals surface area contributed by atoms with Crippen molar-refractivity contribution in [1.82, 2.24) is 13.9 Å². The Kier molecular flexibility index (Phi) is 5.76.